The number of amides is 2. The van der Waals surface area contributed by atoms with Crippen LogP contribution in [0.3, 0.4) is 0 Å². The molecule has 0 fully saturated rings. The van der Waals surface area contributed by atoms with E-state index in [1.807, 2.05) is 0 Å². The van der Waals surface area contributed by atoms with Gasteiger partial charge in [0.1, 0.15) is 11.6 Å². The maximum absolute atomic E-state index is 15.2. The zero-order chi connectivity index (χ0) is 26.4. The Hall–Kier alpha value is -4.29. The van der Waals surface area contributed by atoms with Gasteiger partial charge in [-0.1, -0.05) is 6.92 Å². The topological polar surface area (TPSA) is 110 Å². The molecule has 0 aliphatic carbocycles. The zero-order valence-corrected chi connectivity index (χ0v) is 19.5. The Morgan fingerprint density at radius 3 is 2.47 bits per heavy atom. The number of fused-ring (bicyclic) bond motifs is 3. The molecule has 36 heavy (non-hydrogen) atoms. The highest BCUT2D eigenvalue weighted by atomic mass is 19.4. The van der Waals surface area contributed by atoms with Crippen molar-refractivity contribution in [3.8, 4) is 0 Å². The SMILES string of the molecule is CCC(=O)N(C)N(Cc1ccc(C(F)(F)F)cn1)C(=O)c1cc2c(cc1F)nc(N)c1cnn(C)c12. The smallest absolute Gasteiger partial charge is 0.383 e. The van der Waals surface area contributed by atoms with Crippen LogP contribution in [0.1, 0.15) is 35.0 Å². The number of carbonyl (C=O) groups is 2. The monoisotopic (exact) mass is 503 g/mol. The van der Waals surface area contributed by atoms with E-state index in [1.54, 1.807) is 14.0 Å². The fraction of sp³-hybridized carbons (Fsp3) is 0.261. The molecular weight excluding hydrogens is 482 g/mol. The number of alkyl halides is 3. The van der Waals surface area contributed by atoms with Crippen molar-refractivity contribution >= 4 is 39.4 Å². The summed E-state index contributed by atoms with van der Waals surface area (Å²) in [5, 5.41) is 6.98. The van der Waals surface area contributed by atoms with Crippen molar-refractivity contribution in [2.45, 2.75) is 26.1 Å². The normalized spacial score (nSPS) is 11.8. The number of nitrogens with zero attached hydrogens (tertiary/aromatic N) is 6. The van der Waals surface area contributed by atoms with Gasteiger partial charge in [0.2, 0.25) is 5.91 Å². The summed E-state index contributed by atoms with van der Waals surface area (Å²) >= 11 is 0. The van der Waals surface area contributed by atoms with E-state index >= 15 is 4.39 Å². The first kappa shape index (κ1) is 24.8. The number of aryl methyl sites for hydroxylation is 1. The number of aromatic nitrogens is 4. The Labute approximate surface area is 202 Å². The van der Waals surface area contributed by atoms with Crippen molar-refractivity contribution in [3.63, 3.8) is 0 Å². The summed E-state index contributed by atoms with van der Waals surface area (Å²) in [6.07, 6.45) is -2.43. The first-order chi connectivity index (χ1) is 16.9. The minimum Gasteiger partial charge on any atom is -0.383 e. The molecule has 3 aromatic heterocycles. The van der Waals surface area contributed by atoms with Crippen molar-refractivity contribution in [2.75, 3.05) is 12.8 Å². The van der Waals surface area contributed by atoms with E-state index in [9.17, 15) is 22.8 Å². The van der Waals surface area contributed by atoms with Crippen molar-refractivity contribution in [1.82, 2.24) is 29.8 Å². The van der Waals surface area contributed by atoms with E-state index in [0.717, 1.165) is 28.2 Å². The molecule has 2 amide bonds. The highest BCUT2D eigenvalue weighted by molar-refractivity contribution is 6.10. The Bertz CT molecular complexity index is 1480. The second-order valence-electron chi connectivity index (χ2n) is 8.05. The molecule has 4 aromatic rings. The lowest BCUT2D eigenvalue weighted by molar-refractivity contribution is -0.142. The fourth-order valence-electron chi connectivity index (χ4n) is 3.80. The first-order valence-corrected chi connectivity index (χ1v) is 10.7. The Morgan fingerprint density at radius 2 is 1.86 bits per heavy atom. The molecule has 188 valence electrons. The largest absolute Gasteiger partial charge is 0.417 e. The van der Waals surface area contributed by atoms with Gasteiger partial charge >= 0.3 is 6.18 Å². The van der Waals surface area contributed by atoms with Gasteiger partial charge in [0.05, 0.1) is 46.0 Å². The molecule has 0 aliphatic heterocycles. The minimum absolute atomic E-state index is 0.0275. The lowest BCUT2D eigenvalue weighted by atomic mass is 10.1. The lowest BCUT2D eigenvalue weighted by Crippen LogP contribution is -2.47. The van der Waals surface area contributed by atoms with Crippen LogP contribution >= 0.6 is 0 Å². The molecule has 0 unspecified atom stereocenters. The molecule has 13 heteroatoms. The number of nitrogens with two attached hydrogens (primary N) is 1. The van der Waals surface area contributed by atoms with Crippen LogP contribution in [0.5, 0.6) is 0 Å². The van der Waals surface area contributed by atoms with Crippen LogP contribution < -0.4 is 5.73 Å². The van der Waals surface area contributed by atoms with Crippen LogP contribution in [0.2, 0.25) is 0 Å². The summed E-state index contributed by atoms with van der Waals surface area (Å²) in [5.74, 6) is -2.14. The van der Waals surface area contributed by atoms with Gasteiger partial charge in [-0.15, -0.1) is 0 Å². The number of hydrogen-bond donors (Lipinski definition) is 1. The van der Waals surface area contributed by atoms with Gasteiger partial charge in [0, 0.05) is 38.2 Å². The zero-order valence-electron chi connectivity index (χ0n) is 19.5. The molecule has 0 radical (unpaired) electrons. The van der Waals surface area contributed by atoms with Gasteiger partial charge in [-0.05, 0) is 18.2 Å². The number of hydrazine groups is 1. The van der Waals surface area contributed by atoms with Crippen LogP contribution in [0.4, 0.5) is 23.4 Å². The Morgan fingerprint density at radius 1 is 1.14 bits per heavy atom. The van der Waals surface area contributed by atoms with Crippen LogP contribution in [-0.4, -0.2) is 48.6 Å². The van der Waals surface area contributed by atoms with E-state index in [-0.39, 0.29) is 35.6 Å². The van der Waals surface area contributed by atoms with Crippen LogP contribution in [0.15, 0.2) is 36.7 Å². The van der Waals surface area contributed by atoms with Crippen molar-refractivity contribution in [1.29, 1.82) is 0 Å². The molecule has 0 saturated heterocycles. The summed E-state index contributed by atoms with van der Waals surface area (Å²) < 4.78 is 55.4. The highest BCUT2D eigenvalue weighted by Gasteiger charge is 2.31. The van der Waals surface area contributed by atoms with Crippen molar-refractivity contribution in [2.24, 2.45) is 7.05 Å². The number of carbonyl (C=O) groups excluding carboxylic acids is 2. The van der Waals surface area contributed by atoms with Gasteiger partial charge in [0.25, 0.3) is 5.91 Å². The third-order valence-electron chi connectivity index (χ3n) is 5.75. The average Bonchev–Trinajstić information content (AvgIpc) is 3.23. The van der Waals surface area contributed by atoms with Gasteiger partial charge < -0.3 is 5.73 Å². The fourth-order valence-corrected chi connectivity index (χ4v) is 3.80. The van der Waals surface area contributed by atoms with E-state index in [0.29, 0.717) is 22.5 Å². The van der Waals surface area contributed by atoms with E-state index in [2.05, 4.69) is 15.1 Å². The third kappa shape index (κ3) is 4.39. The van der Waals surface area contributed by atoms with Crippen LogP contribution in [0, 0.1) is 5.82 Å². The van der Waals surface area contributed by atoms with Crippen LogP contribution in [0.25, 0.3) is 21.8 Å². The van der Waals surface area contributed by atoms with Crippen LogP contribution in [-0.2, 0) is 24.6 Å². The molecular formula is C23H21F4N7O2. The summed E-state index contributed by atoms with van der Waals surface area (Å²) in [7, 11) is 2.97. The summed E-state index contributed by atoms with van der Waals surface area (Å²) in [6, 6.07) is 4.26. The molecule has 1 aromatic carbocycles. The maximum Gasteiger partial charge on any atom is 0.417 e. The van der Waals surface area contributed by atoms with Crippen molar-refractivity contribution < 1.29 is 27.2 Å². The molecule has 3 heterocycles. The average molecular weight is 503 g/mol. The number of halogens is 4. The molecule has 0 bridgehead atoms. The van der Waals surface area contributed by atoms with Crippen molar-refractivity contribution in [3.05, 3.63) is 59.3 Å². The molecule has 0 aliphatic rings. The standard InChI is InChI=1S/C23H21F4N7O2/c1-4-19(35)33(3)34(11-13-6-5-12(9-29-13)23(25,26)27)22(36)14-7-15-18(8-17(14)24)31-21(28)16-10-30-32(2)20(15)16/h5-10H,4,11H2,1-3H3,(H2,28,31). The number of hydrogen-bond acceptors (Lipinski definition) is 6. The van der Waals surface area contributed by atoms with Gasteiger partial charge in [-0.2, -0.15) is 18.3 Å². The number of rotatable bonds is 4. The van der Waals surface area contributed by atoms with Gasteiger partial charge in [0.15, 0.2) is 0 Å². The van der Waals surface area contributed by atoms with E-state index < -0.39 is 29.4 Å². The van der Waals surface area contributed by atoms with Gasteiger partial charge in [-0.25, -0.2) is 14.4 Å². The quantitative estimate of drug-likeness (QED) is 0.336. The van der Waals surface area contributed by atoms with E-state index in [1.165, 1.54) is 24.0 Å². The number of pyridine rings is 2. The third-order valence-corrected chi connectivity index (χ3v) is 5.75. The lowest BCUT2D eigenvalue weighted by Gasteiger charge is -2.31. The second kappa shape index (κ2) is 9.06. The summed E-state index contributed by atoms with van der Waals surface area (Å²) in [4.78, 5) is 33.9. The van der Waals surface area contributed by atoms with E-state index in [4.69, 9.17) is 5.73 Å². The Balaban J connectivity index is 1.80. The predicted molar refractivity (Wildman–Crippen MR) is 123 cm³/mol. The predicted octanol–water partition coefficient (Wildman–Crippen LogP) is 3.68. The molecule has 0 saturated carbocycles. The molecule has 2 N–H and O–H groups in total. The summed E-state index contributed by atoms with van der Waals surface area (Å²) in [6.45, 7) is 1.20. The minimum atomic E-state index is -4.58. The molecule has 0 atom stereocenters. The van der Waals surface area contributed by atoms with Gasteiger partial charge in [-0.3, -0.25) is 24.3 Å². The highest BCUT2D eigenvalue weighted by Crippen LogP contribution is 2.31. The second-order valence-corrected chi connectivity index (χ2v) is 8.05. The first-order valence-electron chi connectivity index (χ1n) is 10.7. The molecule has 9 nitrogen and oxygen atoms in total. The number of nitrogen functional groups attached to an aromatic ring is 1. The molecule has 4 rings (SSSR count). The number of benzene rings is 1. The number of anilines is 1. The summed E-state index contributed by atoms with van der Waals surface area (Å²) in [5.41, 5.74) is 5.42. The maximum atomic E-state index is 15.2. The Kier molecular flexibility index (Phi) is 6.24. The molecule has 0 spiro atoms.